The number of thioether (sulfide) groups is 1. The Morgan fingerprint density at radius 2 is 1.54 bits per heavy atom. The van der Waals surface area contributed by atoms with E-state index in [1.165, 1.54) is 48.6 Å². The van der Waals surface area contributed by atoms with Gasteiger partial charge in [-0.2, -0.15) is 0 Å². The second-order valence-electron chi connectivity index (χ2n) is 7.34. The molecule has 5 aromatic rings. The van der Waals surface area contributed by atoms with Crippen molar-refractivity contribution in [1.29, 1.82) is 0 Å². The minimum Gasteiger partial charge on any atom is -0.308 e. The van der Waals surface area contributed by atoms with Crippen LogP contribution in [0.2, 0.25) is 0 Å². The quantitative estimate of drug-likeness (QED) is 0.308. The van der Waals surface area contributed by atoms with Crippen LogP contribution in [0, 0.1) is 0 Å². The van der Waals surface area contributed by atoms with Crippen molar-refractivity contribution in [2.75, 3.05) is 0 Å². The standard InChI is InChI=1S/C24H15NS/c1-3-10-20-14(6-1)16-8-5-9-17-18-12-19-15-7-2-4-11-22(15)26-23(19)13-21(18)25(20)24(16)17/h1-13,15,22H. The lowest BCUT2D eigenvalue weighted by Crippen LogP contribution is -2.06. The highest BCUT2D eigenvalue weighted by atomic mass is 32.2. The second-order valence-corrected chi connectivity index (χ2v) is 8.56. The number of nitrogens with zero attached hydrogens (tertiary/aromatic N) is 1. The molecular weight excluding hydrogens is 334 g/mol. The predicted molar refractivity (Wildman–Crippen MR) is 112 cm³/mol. The van der Waals surface area contributed by atoms with E-state index in [9.17, 15) is 0 Å². The number of para-hydroxylation sites is 2. The third kappa shape index (κ3) is 1.47. The van der Waals surface area contributed by atoms with E-state index in [0.29, 0.717) is 11.2 Å². The molecule has 7 rings (SSSR count). The Bertz CT molecular complexity index is 1420. The van der Waals surface area contributed by atoms with Gasteiger partial charge in [-0.3, -0.25) is 0 Å². The monoisotopic (exact) mass is 349 g/mol. The summed E-state index contributed by atoms with van der Waals surface area (Å²) in [6.07, 6.45) is 9.09. The summed E-state index contributed by atoms with van der Waals surface area (Å²) in [7, 11) is 0. The van der Waals surface area contributed by atoms with Crippen molar-refractivity contribution in [3.8, 4) is 0 Å². The molecule has 0 bridgehead atoms. The number of allylic oxidation sites excluding steroid dienone is 3. The van der Waals surface area contributed by atoms with Crippen LogP contribution in [-0.4, -0.2) is 9.65 Å². The third-order valence-electron chi connectivity index (χ3n) is 6.06. The van der Waals surface area contributed by atoms with Crippen LogP contribution in [0.15, 0.2) is 83.8 Å². The Balaban J connectivity index is 1.69. The molecule has 2 aromatic heterocycles. The van der Waals surface area contributed by atoms with E-state index in [-0.39, 0.29) is 0 Å². The number of hydrogen-bond donors (Lipinski definition) is 0. The largest absolute Gasteiger partial charge is 0.308 e. The van der Waals surface area contributed by atoms with Crippen molar-refractivity contribution < 1.29 is 0 Å². The summed E-state index contributed by atoms with van der Waals surface area (Å²) < 4.78 is 2.48. The molecule has 0 saturated carbocycles. The number of fused-ring (bicyclic) bond motifs is 9. The summed E-state index contributed by atoms with van der Waals surface area (Å²) in [4.78, 5) is 1.44. The molecule has 0 radical (unpaired) electrons. The van der Waals surface area contributed by atoms with Crippen LogP contribution in [-0.2, 0) is 0 Å². The van der Waals surface area contributed by atoms with E-state index in [1.54, 1.807) is 0 Å². The van der Waals surface area contributed by atoms with Gasteiger partial charge in [0.2, 0.25) is 0 Å². The van der Waals surface area contributed by atoms with Gasteiger partial charge in [-0.25, -0.2) is 0 Å². The lowest BCUT2D eigenvalue weighted by molar-refractivity contribution is 0.883. The van der Waals surface area contributed by atoms with Crippen LogP contribution in [0.3, 0.4) is 0 Å². The minimum atomic E-state index is 0.515. The number of benzene rings is 3. The topological polar surface area (TPSA) is 4.41 Å². The van der Waals surface area contributed by atoms with Gasteiger partial charge in [-0.15, -0.1) is 11.8 Å². The maximum absolute atomic E-state index is 2.48. The first-order valence-electron chi connectivity index (χ1n) is 9.13. The average Bonchev–Trinajstić information content (AvgIpc) is 3.32. The molecular formula is C24H15NS. The summed E-state index contributed by atoms with van der Waals surface area (Å²) in [6, 6.07) is 20.4. The molecule has 1 aliphatic heterocycles. The first-order chi connectivity index (χ1) is 12.9. The highest BCUT2D eigenvalue weighted by Gasteiger charge is 2.32. The second kappa shape index (κ2) is 4.52. The van der Waals surface area contributed by atoms with Crippen LogP contribution in [0.4, 0.5) is 0 Å². The number of hydrogen-bond acceptors (Lipinski definition) is 1. The van der Waals surface area contributed by atoms with E-state index in [0.717, 1.165) is 0 Å². The summed E-state index contributed by atoms with van der Waals surface area (Å²) in [5.74, 6) is 0.515. The Morgan fingerprint density at radius 1 is 0.731 bits per heavy atom. The Labute approximate surface area is 154 Å². The molecule has 2 atom stereocenters. The fourth-order valence-corrected chi connectivity index (χ4v) is 6.32. The highest BCUT2D eigenvalue weighted by molar-refractivity contribution is 8.00. The molecule has 3 heterocycles. The van der Waals surface area contributed by atoms with Crippen LogP contribution >= 0.6 is 11.8 Å². The van der Waals surface area contributed by atoms with Gasteiger partial charge in [-0.1, -0.05) is 60.7 Å². The Hall–Kier alpha value is -2.71. The zero-order valence-electron chi connectivity index (χ0n) is 14.0. The first-order valence-corrected chi connectivity index (χ1v) is 10.0. The molecule has 0 N–H and O–H groups in total. The zero-order chi connectivity index (χ0) is 16.8. The van der Waals surface area contributed by atoms with Gasteiger partial charge in [0, 0.05) is 37.6 Å². The molecule has 0 amide bonds. The van der Waals surface area contributed by atoms with Crippen molar-refractivity contribution in [2.24, 2.45) is 0 Å². The molecule has 2 aliphatic rings. The lowest BCUT2D eigenvalue weighted by Gasteiger charge is -2.14. The normalized spacial score (nSPS) is 21.4. The van der Waals surface area contributed by atoms with Crippen LogP contribution in [0.1, 0.15) is 11.5 Å². The molecule has 1 nitrogen and oxygen atoms in total. The Morgan fingerprint density at radius 3 is 2.50 bits per heavy atom. The smallest absolute Gasteiger partial charge is 0.0620 e. The summed E-state index contributed by atoms with van der Waals surface area (Å²) in [5, 5.41) is 6.02. The first kappa shape index (κ1) is 13.5. The van der Waals surface area contributed by atoms with Crippen molar-refractivity contribution in [2.45, 2.75) is 16.1 Å². The SMILES string of the molecule is C1=CC2Sc3cc4c(cc3C2C=C1)c1cccc2c3ccccc3n4c21. The fraction of sp³-hybridized carbons (Fsp3) is 0.0833. The van der Waals surface area contributed by atoms with Gasteiger partial charge in [-0.05, 0) is 23.8 Å². The maximum Gasteiger partial charge on any atom is 0.0620 e. The van der Waals surface area contributed by atoms with Crippen LogP contribution in [0.5, 0.6) is 0 Å². The Kier molecular flexibility index (Phi) is 2.34. The molecule has 122 valence electrons. The van der Waals surface area contributed by atoms with Crippen molar-refractivity contribution in [3.05, 3.63) is 84.5 Å². The van der Waals surface area contributed by atoms with Crippen molar-refractivity contribution in [1.82, 2.24) is 4.40 Å². The van der Waals surface area contributed by atoms with Gasteiger partial charge in [0.15, 0.2) is 0 Å². The van der Waals surface area contributed by atoms with Crippen LogP contribution < -0.4 is 0 Å². The molecule has 26 heavy (non-hydrogen) atoms. The van der Waals surface area contributed by atoms with E-state index in [1.807, 2.05) is 11.8 Å². The van der Waals surface area contributed by atoms with Gasteiger partial charge >= 0.3 is 0 Å². The van der Waals surface area contributed by atoms with Crippen molar-refractivity contribution >= 4 is 49.9 Å². The lowest BCUT2D eigenvalue weighted by atomic mass is 9.91. The van der Waals surface area contributed by atoms with E-state index >= 15 is 0 Å². The van der Waals surface area contributed by atoms with E-state index < -0.39 is 0 Å². The molecule has 0 fully saturated rings. The summed E-state index contributed by atoms with van der Waals surface area (Å²) in [5.41, 5.74) is 5.52. The summed E-state index contributed by atoms with van der Waals surface area (Å²) in [6.45, 7) is 0. The third-order valence-corrected chi connectivity index (χ3v) is 7.39. The predicted octanol–water partition coefficient (Wildman–Crippen LogP) is 6.52. The van der Waals surface area contributed by atoms with Gasteiger partial charge in [0.1, 0.15) is 0 Å². The van der Waals surface area contributed by atoms with Gasteiger partial charge in [0.25, 0.3) is 0 Å². The van der Waals surface area contributed by atoms with Gasteiger partial charge < -0.3 is 4.40 Å². The van der Waals surface area contributed by atoms with Crippen LogP contribution in [0.25, 0.3) is 38.1 Å². The molecule has 1 aliphatic carbocycles. The molecule has 2 unspecified atom stereocenters. The minimum absolute atomic E-state index is 0.515. The number of rotatable bonds is 0. The van der Waals surface area contributed by atoms with E-state index in [2.05, 4.69) is 83.3 Å². The molecule has 2 heteroatoms. The van der Waals surface area contributed by atoms with E-state index in [4.69, 9.17) is 0 Å². The average molecular weight is 349 g/mol. The summed E-state index contributed by atoms with van der Waals surface area (Å²) >= 11 is 2.01. The molecule has 0 saturated heterocycles. The molecule has 3 aromatic carbocycles. The highest BCUT2D eigenvalue weighted by Crippen LogP contribution is 2.50. The van der Waals surface area contributed by atoms with Crippen molar-refractivity contribution in [3.63, 3.8) is 0 Å². The van der Waals surface area contributed by atoms with Gasteiger partial charge in [0.05, 0.1) is 16.6 Å². The fourth-order valence-electron chi connectivity index (χ4n) is 4.96. The zero-order valence-corrected chi connectivity index (χ0v) is 14.8. The number of aromatic nitrogens is 1. The molecule has 0 spiro atoms. The maximum atomic E-state index is 2.48.